The second kappa shape index (κ2) is 6.68. The van der Waals surface area contributed by atoms with Crippen LogP contribution in [0, 0.1) is 0 Å². The van der Waals surface area contributed by atoms with E-state index in [-0.39, 0.29) is 5.91 Å². The number of anilines is 2. The molecule has 0 aromatic heterocycles. The van der Waals surface area contributed by atoms with Gasteiger partial charge in [-0.1, -0.05) is 42.5 Å². The molecule has 102 valence electrons. The molecule has 0 bridgehead atoms. The smallest absolute Gasteiger partial charge is 0.255 e. The summed E-state index contributed by atoms with van der Waals surface area (Å²) in [5.41, 5.74) is 1.58. The zero-order valence-electron chi connectivity index (χ0n) is 11.3. The Morgan fingerprint density at radius 3 is 1.85 bits per heavy atom. The van der Waals surface area contributed by atoms with Crippen molar-refractivity contribution in [1.82, 2.24) is 0 Å². The SMILES string of the molecule is C[C@@H](O)/C=C\C(=O)N(c1ccccc1)c1ccccc1. The van der Waals surface area contributed by atoms with Crippen LogP contribution < -0.4 is 4.90 Å². The van der Waals surface area contributed by atoms with Crippen LogP contribution >= 0.6 is 0 Å². The molecular weight excluding hydrogens is 250 g/mol. The van der Waals surface area contributed by atoms with Crippen LogP contribution in [0.25, 0.3) is 0 Å². The topological polar surface area (TPSA) is 40.5 Å². The Kier molecular flexibility index (Phi) is 4.69. The van der Waals surface area contributed by atoms with Crippen LogP contribution in [0.1, 0.15) is 6.92 Å². The van der Waals surface area contributed by atoms with E-state index in [2.05, 4.69) is 0 Å². The van der Waals surface area contributed by atoms with Gasteiger partial charge in [-0.3, -0.25) is 9.69 Å². The van der Waals surface area contributed by atoms with E-state index in [1.165, 1.54) is 12.2 Å². The molecule has 0 aliphatic heterocycles. The maximum absolute atomic E-state index is 12.4. The van der Waals surface area contributed by atoms with E-state index in [4.69, 9.17) is 0 Å². The number of hydrogen-bond donors (Lipinski definition) is 1. The molecule has 0 spiro atoms. The molecule has 0 aliphatic rings. The number of nitrogens with zero attached hydrogens (tertiary/aromatic N) is 1. The van der Waals surface area contributed by atoms with Gasteiger partial charge >= 0.3 is 0 Å². The van der Waals surface area contributed by atoms with Crippen molar-refractivity contribution in [2.75, 3.05) is 4.90 Å². The highest BCUT2D eigenvalue weighted by Gasteiger charge is 2.14. The molecule has 0 saturated heterocycles. The quantitative estimate of drug-likeness (QED) is 0.863. The first kappa shape index (κ1) is 14.0. The van der Waals surface area contributed by atoms with Gasteiger partial charge in [0.05, 0.1) is 6.10 Å². The van der Waals surface area contributed by atoms with Gasteiger partial charge in [0.15, 0.2) is 0 Å². The van der Waals surface area contributed by atoms with E-state index in [0.717, 1.165) is 11.4 Å². The Bertz CT molecular complexity index is 537. The van der Waals surface area contributed by atoms with Gasteiger partial charge in [0.25, 0.3) is 5.91 Å². The summed E-state index contributed by atoms with van der Waals surface area (Å²) in [6.45, 7) is 1.61. The lowest BCUT2D eigenvalue weighted by Gasteiger charge is -2.21. The average Bonchev–Trinajstić information content (AvgIpc) is 2.48. The molecule has 3 nitrogen and oxygen atoms in total. The van der Waals surface area contributed by atoms with Crippen molar-refractivity contribution in [3.63, 3.8) is 0 Å². The fourth-order valence-corrected chi connectivity index (χ4v) is 1.85. The molecule has 0 aliphatic carbocycles. The number of hydrogen-bond acceptors (Lipinski definition) is 2. The minimum Gasteiger partial charge on any atom is -0.389 e. The van der Waals surface area contributed by atoms with Gasteiger partial charge in [-0.05, 0) is 31.2 Å². The highest BCUT2D eigenvalue weighted by molar-refractivity contribution is 6.07. The summed E-state index contributed by atoms with van der Waals surface area (Å²) in [5.74, 6) is -0.191. The van der Waals surface area contributed by atoms with Crippen molar-refractivity contribution in [2.24, 2.45) is 0 Å². The highest BCUT2D eigenvalue weighted by atomic mass is 16.3. The predicted octanol–water partition coefficient (Wildman–Crippen LogP) is 3.29. The Balaban J connectivity index is 2.38. The summed E-state index contributed by atoms with van der Waals surface area (Å²) < 4.78 is 0. The second-order valence-corrected chi connectivity index (χ2v) is 4.44. The molecule has 0 heterocycles. The Morgan fingerprint density at radius 1 is 1.00 bits per heavy atom. The highest BCUT2D eigenvalue weighted by Crippen LogP contribution is 2.25. The molecule has 3 heteroatoms. The zero-order valence-corrected chi connectivity index (χ0v) is 11.3. The van der Waals surface area contributed by atoms with Crippen molar-refractivity contribution < 1.29 is 9.90 Å². The maximum atomic E-state index is 12.4. The average molecular weight is 267 g/mol. The van der Waals surface area contributed by atoms with Crippen molar-refractivity contribution in [1.29, 1.82) is 0 Å². The summed E-state index contributed by atoms with van der Waals surface area (Å²) in [5, 5.41) is 9.27. The monoisotopic (exact) mass is 267 g/mol. The van der Waals surface area contributed by atoms with E-state index in [9.17, 15) is 9.90 Å². The summed E-state index contributed by atoms with van der Waals surface area (Å²) in [6, 6.07) is 18.9. The predicted molar refractivity (Wildman–Crippen MR) is 80.9 cm³/mol. The summed E-state index contributed by atoms with van der Waals surface area (Å²) in [6.07, 6.45) is 2.22. The van der Waals surface area contributed by atoms with E-state index < -0.39 is 6.10 Å². The molecule has 1 N–H and O–H groups in total. The third-order valence-electron chi connectivity index (χ3n) is 2.77. The van der Waals surface area contributed by atoms with E-state index in [1.54, 1.807) is 11.8 Å². The Hall–Kier alpha value is -2.39. The van der Waals surface area contributed by atoms with Gasteiger partial charge in [-0.2, -0.15) is 0 Å². The van der Waals surface area contributed by atoms with Crippen molar-refractivity contribution in [3.8, 4) is 0 Å². The fourth-order valence-electron chi connectivity index (χ4n) is 1.85. The number of carbonyl (C=O) groups is 1. The normalized spacial score (nSPS) is 12.3. The number of para-hydroxylation sites is 2. The largest absolute Gasteiger partial charge is 0.389 e. The third-order valence-corrected chi connectivity index (χ3v) is 2.77. The van der Waals surface area contributed by atoms with Gasteiger partial charge in [-0.25, -0.2) is 0 Å². The lowest BCUT2D eigenvalue weighted by molar-refractivity contribution is -0.113. The summed E-state index contributed by atoms with van der Waals surface area (Å²) in [7, 11) is 0. The van der Waals surface area contributed by atoms with Crippen LogP contribution in [0.3, 0.4) is 0 Å². The van der Waals surface area contributed by atoms with Gasteiger partial charge in [0.1, 0.15) is 0 Å². The molecule has 1 atom stereocenters. The minimum absolute atomic E-state index is 0.191. The number of carbonyl (C=O) groups excluding carboxylic acids is 1. The molecule has 0 radical (unpaired) electrons. The van der Waals surface area contributed by atoms with Gasteiger partial charge in [0, 0.05) is 17.5 Å². The maximum Gasteiger partial charge on any atom is 0.255 e. The molecule has 20 heavy (non-hydrogen) atoms. The molecule has 2 aromatic rings. The number of rotatable bonds is 4. The lowest BCUT2D eigenvalue weighted by Crippen LogP contribution is -2.24. The molecule has 0 fully saturated rings. The number of benzene rings is 2. The van der Waals surface area contributed by atoms with Gasteiger partial charge in [-0.15, -0.1) is 0 Å². The van der Waals surface area contributed by atoms with E-state index >= 15 is 0 Å². The standard InChI is InChI=1S/C17H17NO2/c1-14(19)12-13-17(20)18(15-8-4-2-5-9-15)16-10-6-3-7-11-16/h2-14,19H,1H3/b13-12-/t14-/m1/s1. The Morgan fingerprint density at radius 2 is 1.45 bits per heavy atom. The number of amides is 1. The van der Waals surface area contributed by atoms with Crippen molar-refractivity contribution in [2.45, 2.75) is 13.0 Å². The minimum atomic E-state index is -0.646. The first-order valence-electron chi connectivity index (χ1n) is 6.49. The second-order valence-electron chi connectivity index (χ2n) is 4.44. The first-order valence-corrected chi connectivity index (χ1v) is 6.49. The van der Waals surface area contributed by atoms with Crippen LogP contribution in [0.15, 0.2) is 72.8 Å². The first-order chi connectivity index (χ1) is 9.68. The van der Waals surface area contributed by atoms with E-state index in [1.807, 2.05) is 60.7 Å². The van der Waals surface area contributed by atoms with Crippen LogP contribution in [0.2, 0.25) is 0 Å². The summed E-state index contributed by atoms with van der Waals surface area (Å²) in [4.78, 5) is 14.0. The molecule has 0 unspecified atom stereocenters. The Labute approximate surface area is 118 Å². The molecule has 2 rings (SSSR count). The third kappa shape index (κ3) is 3.56. The van der Waals surface area contributed by atoms with Gasteiger partial charge in [0.2, 0.25) is 0 Å². The van der Waals surface area contributed by atoms with E-state index in [0.29, 0.717) is 0 Å². The van der Waals surface area contributed by atoms with Crippen molar-refractivity contribution in [3.05, 3.63) is 72.8 Å². The molecular formula is C17H17NO2. The lowest BCUT2D eigenvalue weighted by atomic mass is 10.2. The number of aliphatic hydroxyl groups is 1. The molecule has 2 aromatic carbocycles. The summed E-state index contributed by atoms with van der Waals surface area (Å²) >= 11 is 0. The van der Waals surface area contributed by atoms with Crippen LogP contribution in [-0.2, 0) is 4.79 Å². The molecule has 1 amide bonds. The van der Waals surface area contributed by atoms with Crippen LogP contribution in [0.5, 0.6) is 0 Å². The zero-order chi connectivity index (χ0) is 14.4. The molecule has 0 saturated carbocycles. The van der Waals surface area contributed by atoms with Crippen LogP contribution in [0.4, 0.5) is 11.4 Å². The van der Waals surface area contributed by atoms with Gasteiger partial charge < -0.3 is 5.11 Å². The van der Waals surface area contributed by atoms with Crippen molar-refractivity contribution >= 4 is 17.3 Å². The number of aliphatic hydroxyl groups excluding tert-OH is 1. The van der Waals surface area contributed by atoms with Crippen LogP contribution in [-0.4, -0.2) is 17.1 Å². The fraction of sp³-hybridized carbons (Fsp3) is 0.118.